The zero-order valence-electron chi connectivity index (χ0n) is 12.4. The van der Waals surface area contributed by atoms with Gasteiger partial charge in [-0.3, -0.25) is 0 Å². The summed E-state index contributed by atoms with van der Waals surface area (Å²) < 4.78 is 13.4. The van der Waals surface area contributed by atoms with Crippen molar-refractivity contribution >= 4 is 5.71 Å². The molecular weight excluding hydrogens is 293 g/mol. The van der Waals surface area contributed by atoms with Crippen LogP contribution in [0.3, 0.4) is 0 Å². The van der Waals surface area contributed by atoms with Gasteiger partial charge in [0.05, 0.1) is 5.71 Å². The summed E-state index contributed by atoms with van der Waals surface area (Å²) in [6, 6.07) is 8.39. The molecule has 0 bridgehead atoms. The fraction of sp³-hybridized carbons (Fsp3) is 0.167. The Morgan fingerprint density at radius 2 is 1.96 bits per heavy atom. The molecule has 2 heterocycles. The van der Waals surface area contributed by atoms with Crippen LogP contribution in [0.1, 0.15) is 25.0 Å². The van der Waals surface area contributed by atoms with Gasteiger partial charge in [-0.15, -0.1) is 0 Å². The van der Waals surface area contributed by atoms with E-state index < -0.39 is 5.82 Å². The number of rotatable bonds is 2. The van der Waals surface area contributed by atoms with Crippen molar-refractivity contribution in [2.24, 2.45) is 5.16 Å². The molecule has 5 heteroatoms. The maximum Gasteiger partial charge on any atom is 0.284 e. The Morgan fingerprint density at radius 3 is 2.78 bits per heavy atom. The minimum absolute atomic E-state index is 0.125. The largest absolute Gasteiger partial charge is 0.333 e. The highest BCUT2D eigenvalue weighted by atomic mass is 19.1. The van der Waals surface area contributed by atoms with Crippen LogP contribution in [0.25, 0.3) is 0 Å². The van der Waals surface area contributed by atoms with Crippen molar-refractivity contribution in [2.45, 2.75) is 19.3 Å². The van der Waals surface area contributed by atoms with E-state index in [4.69, 9.17) is 4.84 Å². The zero-order chi connectivity index (χ0) is 15.9. The summed E-state index contributed by atoms with van der Waals surface area (Å²) in [5, 5.41) is 3.97. The van der Waals surface area contributed by atoms with Crippen LogP contribution in [0.5, 0.6) is 5.88 Å². The summed E-state index contributed by atoms with van der Waals surface area (Å²) in [5.41, 5.74) is 2.42. The van der Waals surface area contributed by atoms with Gasteiger partial charge in [0.15, 0.2) is 5.82 Å². The van der Waals surface area contributed by atoms with Crippen molar-refractivity contribution in [3.63, 3.8) is 0 Å². The van der Waals surface area contributed by atoms with E-state index in [1.807, 2.05) is 24.3 Å². The monoisotopic (exact) mass is 307 g/mol. The second-order valence-corrected chi connectivity index (χ2v) is 4.95. The number of oxime groups is 1. The van der Waals surface area contributed by atoms with Crippen LogP contribution in [0.2, 0.25) is 0 Å². The van der Waals surface area contributed by atoms with Crippen LogP contribution in [-0.4, -0.2) is 15.7 Å². The number of hydrogen-bond acceptors (Lipinski definition) is 4. The number of pyridine rings is 2. The van der Waals surface area contributed by atoms with Crippen molar-refractivity contribution in [3.8, 4) is 17.7 Å². The summed E-state index contributed by atoms with van der Waals surface area (Å²) in [5.74, 6) is 5.46. The third kappa shape index (κ3) is 4.24. The van der Waals surface area contributed by atoms with Gasteiger partial charge in [0.1, 0.15) is 5.69 Å². The van der Waals surface area contributed by atoms with Crippen molar-refractivity contribution in [1.82, 2.24) is 9.97 Å². The Kier molecular flexibility index (Phi) is 4.75. The second-order valence-electron chi connectivity index (χ2n) is 4.95. The summed E-state index contributed by atoms with van der Waals surface area (Å²) in [7, 11) is 0. The van der Waals surface area contributed by atoms with Crippen LogP contribution in [0.4, 0.5) is 4.39 Å². The summed E-state index contributed by atoms with van der Waals surface area (Å²) in [6.07, 6.45) is 7.62. The van der Waals surface area contributed by atoms with E-state index in [1.54, 1.807) is 6.20 Å². The number of hydrogen-bond donors (Lipinski definition) is 0. The molecule has 1 aliphatic carbocycles. The van der Waals surface area contributed by atoms with Crippen molar-refractivity contribution in [1.29, 1.82) is 0 Å². The molecule has 0 N–H and O–H groups in total. The second kappa shape index (κ2) is 7.32. The summed E-state index contributed by atoms with van der Waals surface area (Å²) >= 11 is 0. The smallest absolute Gasteiger partial charge is 0.284 e. The first-order valence-corrected chi connectivity index (χ1v) is 7.29. The molecule has 0 amide bonds. The van der Waals surface area contributed by atoms with E-state index in [-0.39, 0.29) is 5.88 Å². The van der Waals surface area contributed by atoms with Crippen molar-refractivity contribution < 1.29 is 9.23 Å². The lowest BCUT2D eigenvalue weighted by Crippen LogP contribution is -2.05. The summed E-state index contributed by atoms with van der Waals surface area (Å²) in [4.78, 5) is 13.0. The third-order valence-electron chi connectivity index (χ3n) is 3.21. The third-order valence-corrected chi connectivity index (χ3v) is 3.21. The summed E-state index contributed by atoms with van der Waals surface area (Å²) in [6.45, 7) is 0. The number of nitrogens with zero attached hydrogens (tertiary/aromatic N) is 3. The lowest BCUT2D eigenvalue weighted by molar-refractivity contribution is 0.306. The lowest BCUT2D eigenvalue weighted by atomic mass is 9.98. The van der Waals surface area contributed by atoms with Crippen LogP contribution in [-0.2, 0) is 0 Å². The standard InChI is InChI=1S/C18H14FN3O/c19-17-8-4-12-21-18(17)23-22-16-7-3-5-14(13-16)9-10-15-6-1-2-11-20-15/h1-2,4,6,8,11-13H,3,5,7H2/b22-16+. The van der Waals surface area contributed by atoms with Crippen LogP contribution >= 0.6 is 0 Å². The maximum absolute atomic E-state index is 13.4. The molecule has 2 aromatic rings. The molecule has 0 aromatic carbocycles. The quantitative estimate of drug-likeness (QED) is 0.630. The van der Waals surface area contributed by atoms with Gasteiger partial charge in [-0.25, -0.2) is 14.4 Å². The van der Waals surface area contributed by atoms with Crippen molar-refractivity contribution in [2.75, 3.05) is 0 Å². The van der Waals surface area contributed by atoms with Gasteiger partial charge in [-0.05, 0) is 55.5 Å². The molecule has 0 unspecified atom stereocenters. The van der Waals surface area contributed by atoms with Gasteiger partial charge >= 0.3 is 0 Å². The van der Waals surface area contributed by atoms with Gasteiger partial charge in [-0.2, -0.15) is 0 Å². The van der Waals surface area contributed by atoms with Crippen LogP contribution in [0, 0.1) is 17.7 Å². The van der Waals surface area contributed by atoms with E-state index in [2.05, 4.69) is 27.0 Å². The van der Waals surface area contributed by atoms with E-state index in [0.29, 0.717) is 0 Å². The molecule has 3 rings (SSSR count). The first-order valence-electron chi connectivity index (χ1n) is 7.29. The molecule has 1 aliphatic rings. The van der Waals surface area contributed by atoms with Gasteiger partial charge in [0.25, 0.3) is 5.88 Å². The van der Waals surface area contributed by atoms with Crippen molar-refractivity contribution in [3.05, 3.63) is 65.9 Å². The number of aromatic nitrogens is 2. The molecule has 23 heavy (non-hydrogen) atoms. The molecule has 0 fully saturated rings. The van der Waals surface area contributed by atoms with Gasteiger partial charge in [0, 0.05) is 18.0 Å². The maximum atomic E-state index is 13.4. The van der Waals surface area contributed by atoms with E-state index in [9.17, 15) is 4.39 Å². The molecule has 114 valence electrons. The Bertz CT molecular complexity index is 804. The first-order chi connectivity index (χ1) is 11.3. The van der Waals surface area contributed by atoms with Gasteiger partial charge in [-0.1, -0.05) is 17.1 Å². The molecule has 0 saturated heterocycles. The van der Waals surface area contributed by atoms with Crippen LogP contribution in [0.15, 0.2) is 59.5 Å². The average Bonchev–Trinajstić information content (AvgIpc) is 2.61. The Labute approximate surface area is 133 Å². The molecule has 0 atom stereocenters. The molecule has 0 radical (unpaired) electrons. The highest BCUT2D eigenvalue weighted by Crippen LogP contribution is 2.17. The van der Waals surface area contributed by atoms with E-state index in [1.165, 1.54) is 18.3 Å². The average molecular weight is 307 g/mol. The lowest BCUT2D eigenvalue weighted by Gasteiger charge is -2.09. The van der Waals surface area contributed by atoms with Crippen LogP contribution < -0.4 is 4.84 Å². The predicted octanol–water partition coefficient (Wildman–Crippen LogP) is 3.51. The molecule has 2 aromatic heterocycles. The normalized spacial score (nSPS) is 15.5. The molecule has 0 spiro atoms. The number of allylic oxidation sites excluding steroid dienone is 2. The van der Waals surface area contributed by atoms with E-state index in [0.717, 1.165) is 36.2 Å². The molecule has 0 aliphatic heterocycles. The number of halogens is 1. The van der Waals surface area contributed by atoms with Gasteiger partial charge in [0.2, 0.25) is 0 Å². The SMILES string of the molecule is Fc1cccnc1O/N=C1/C=C(C#Cc2ccccn2)CCC1. The Morgan fingerprint density at radius 1 is 1.04 bits per heavy atom. The zero-order valence-corrected chi connectivity index (χ0v) is 12.4. The molecule has 4 nitrogen and oxygen atoms in total. The minimum atomic E-state index is -0.535. The fourth-order valence-corrected chi connectivity index (χ4v) is 2.10. The highest BCUT2D eigenvalue weighted by molar-refractivity contribution is 5.96. The molecular formula is C18H14FN3O. The highest BCUT2D eigenvalue weighted by Gasteiger charge is 2.09. The predicted molar refractivity (Wildman–Crippen MR) is 85.3 cm³/mol. The Hall–Kier alpha value is -3.00. The Balaban J connectivity index is 1.73. The van der Waals surface area contributed by atoms with E-state index >= 15 is 0 Å². The minimum Gasteiger partial charge on any atom is -0.333 e. The first kappa shape index (κ1) is 14.9. The fourth-order valence-electron chi connectivity index (χ4n) is 2.10. The van der Waals surface area contributed by atoms with Gasteiger partial charge < -0.3 is 4.84 Å². The molecule has 0 saturated carbocycles. The topological polar surface area (TPSA) is 47.4 Å².